The molecule has 0 saturated carbocycles. The zero-order valence-electron chi connectivity index (χ0n) is 23.1. The van der Waals surface area contributed by atoms with Gasteiger partial charge in [-0.1, -0.05) is 91.0 Å². The number of carbonyl (C=O) groups is 1. The molecule has 0 aliphatic rings. The molecule has 45 heavy (non-hydrogen) atoms. The molecule has 0 aliphatic carbocycles. The largest absolute Gasteiger partial charge is 0.480 e. The summed E-state index contributed by atoms with van der Waals surface area (Å²) in [6.07, 6.45) is 6.66. The number of hydrogen-bond donors (Lipinski definition) is 1. The smallest absolute Gasteiger partial charge is 0.421 e. The second-order valence-electron chi connectivity index (χ2n) is 9.34. The highest BCUT2D eigenvalue weighted by molar-refractivity contribution is 8.13. The Morgan fingerprint density at radius 2 is 1.18 bits per heavy atom. The van der Waals surface area contributed by atoms with Crippen molar-refractivity contribution < 1.29 is 52.5 Å². The van der Waals surface area contributed by atoms with E-state index in [2.05, 4.69) is 34.1 Å². The molecule has 1 aromatic heterocycles. The summed E-state index contributed by atoms with van der Waals surface area (Å²) in [4.78, 5) is 13.1. The molecular weight excluding hydrogens is 650 g/mol. The molecule has 0 radical (unpaired) electrons. The number of benzene rings is 3. The first-order chi connectivity index (χ1) is 21.0. The average molecular weight is 677 g/mol. The molecule has 0 saturated heterocycles. The van der Waals surface area contributed by atoms with E-state index in [1.165, 1.54) is 5.56 Å². The fraction of sp³-hybridized carbons (Fsp3) is 0.214. The van der Waals surface area contributed by atoms with Crippen LogP contribution >= 0.6 is 0 Å². The standard InChI is InChI=1S/C26H25N3O.C2F6NO4S2/c30-26(27-19-23-12-6-2-7-13-23)25(18-22-10-4-1-5-11-22)29-17-16-28(21-29)20-24-14-8-3-9-15-24;3-1(4,5)14(10,11)9-15(12,13)2(6,7)8/h1-17,21,25H,18-20H2;/q;-1/p+1/t25-;/m0./s1. The molecule has 0 aliphatic heterocycles. The van der Waals surface area contributed by atoms with E-state index in [-0.39, 0.29) is 11.9 Å². The van der Waals surface area contributed by atoms with Crippen molar-refractivity contribution in [1.82, 2.24) is 9.88 Å². The summed E-state index contributed by atoms with van der Waals surface area (Å²) in [5.41, 5.74) is -8.94. The van der Waals surface area contributed by atoms with Crippen molar-refractivity contribution in [1.29, 1.82) is 0 Å². The number of nitrogens with one attached hydrogen (secondary N) is 1. The minimum Gasteiger partial charge on any atom is -0.421 e. The summed E-state index contributed by atoms with van der Waals surface area (Å²) >= 11 is 0. The van der Waals surface area contributed by atoms with Gasteiger partial charge in [0.15, 0.2) is 26.1 Å². The van der Waals surface area contributed by atoms with E-state index in [0.29, 0.717) is 13.0 Å². The lowest BCUT2D eigenvalue weighted by Gasteiger charge is -2.22. The molecule has 1 N–H and O–H groups in total. The summed E-state index contributed by atoms with van der Waals surface area (Å²) in [5.74, 6) is 0.0187. The van der Waals surface area contributed by atoms with Gasteiger partial charge < -0.3 is 9.44 Å². The number of hydrogen-bond acceptors (Lipinski definition) is 5. The molecular formula is C28H26F6N4O5S2. The maximum atomic E-state index is 13.1. The molecule has 1 atom stereocenters. The van der Waals surface area contributed by atoms with Crippen LogP contribution in [0.5, 0.6) is 0 Å². The van der Waals surface area contributed by atoms with Gasteiger partial charge in [0.2, 0.25) is 6.33 Å². The number of carbonyl (C=O) groups excluding carboxylic acids is 1. The first-order valence-electron chi connectivity index (χ1n) is 12.8. The molecule has 4 aromatic rings. The van der Waals surface area contributed by atoms with Gasteiger partial charge in [-0.05, 0) is 16.7 Å². The highest BCUT2D eigenvalue weighted by Crippen LogP contribution is 2.36. The predicted octanol–water partition coefficient (Wildman–Crippen LogP) is 4.98. The van der Waals surface area contributed by atoms with Gasteiger partial charge in [-0.25, -0.2) is 26.0 Å². The fourth-order valence-corrected chi connectivity index (χ4v) is 5.48. The first-order valence-corrected chi connectivity index (χ1v) is 15.7. The normalized spacial score (nSPS) is 12.9. The molecule has 17 heteroatoms. The number of imidazole rings is 1. The average Bonchev–Trinajstić information content (AvgIpc) is 3.43. The second kappa shape index (κ2) is 14.7. The van der Waals surface area contributed by atoms with Gasteiger partial charge >= 0.3 is 11.0 Å². The molecule has 1 amide bonds. The van der Waals surface area contributed by atoms with Crippen molar-refractivity contribution in [3.8, 4) is 0 Å². The van der Waals surface area contributed by atoms with E-state index >= 15 is 0 Å². The zero-order valence-corrected chi connectivity index (χ0v) is 24.7. The number of halogens is 6. The lowest BCUT2D eigenvalue weighted by Crippen LogP contribution is -2.35. The van der Waals surface area contributed by atoms with Gasteiger partial charge in [-0.2, -0.15) is 26.3 Å². The summed E-state index contributed by atoms with van der Waals surface area (Å²) in [6.45, 7) is 1.30. The third kappa shape index (κ3) is 10.4. The van der Waals surface area contributed by atoms with Crippen LogP contribution in [0.25, 0.3) is 4.13 Å². The zero-order chi connectivity index (χ0) is 33.3. The summed E-state index contributed by atoms with van der Waals surface area (Å²) in [7, 11) is -13.4. The lowest BCUT2D eigenvalue weighted by atomic mass is 10.0. The van der Waals surface area contributed by atoms with Crippen molar-refractivity contribution >= 4 is 26.0 Å². The maximum absolute atomic E-state index is 13.1. The topological polar surface area (TPSA) is 120 Å². The Hall–Kier alpha value is -4.22. The van der Waals surface area contributed by atoms with Gasteiger partial charge in [0, 0.05) is 13.0 Å². The summed E-state index contributed by atoms with van der Waals surface area (Å²) < 4.78 is 113. The van der Waals surface area contributed by atoms with Crippen LogP contribution in [0, 0.1) is 0 Å². The van der Waals surface area contributed by atoms with Gasteiger partial charge in [-0.15, -0.1) is 0 Å². The Bertz CT molecular complexity index is 1710. The van der Waals surface area contributed by atoms with Crippen LogP contribution < -0.4 is 9.88 Å². The van der Waals surface area contributed by atoms with Crippen molar-refractivity contribution in [2.75, 3.05) is 0 Å². The highest BCUT2D eigenvalue weighted by atomic mass is 32.3. The van der Waals surface area contributed by atoms with Crippen LogP contribution in [0.1, 0.15) is 22.7 Å². The number of amides is 1. The van der Waals surface area contributed by atoms with Crippen LogP contribution in [-0.4, -0.2) is 38.3 Å². The molecule has 9 nitrogen and oxygen atoms in total. The monoisotopic (exact) mass is 676 g/mol. The fourth-order valence-electron chi connectivity index (χ4n) is 3.77. The molecule has 1 heterocycles. The van der Waals surface area contributed by atoms with Gasteiger partial charge in [0.25, 0.3) is 5.91 Å². The van der Waals surface area contributed by atoms with E-state index in [9.17, 15) is 48.0 Å². The minimum atomic E-state index is -6.72. The maximum Gasteiger partial charge on any atom is 0.480 e. The van der Waals surface area contributed by atoms with E-state index in [1.54, 1.807) is 0 Å². The van der Waals surface area contributed by atoms with Crippen LogP contribution in [0.4, 0.5) is 26.3 Å². The van der Waals surface area contributed by atoms with Crippen LogP contribution in [0.2, 0.25) is 0 Å². The number of nitrogens with zero attached hydrogens (tertiary/aromatic N) is 3. The van der Waals surface area contributed by atoms with Gasteiger partial charge in [0.05, 0.1) is 0 Å². The highest BCUT2D eigenvalue weighted by Gasteiger charge is 2.47. The number of sulfonamides is 2. The third-order valence-electron chi connectivity index (χ3n) is 5.95. The summed E-state index contributed by atoms with van der Waals surface area (Å²) in [5, 5.41) is 3.11. The molecule has 0 spiro atoms. The van der Waals surface area contributed by atoms with Crippen molar-refractivity contribution in [2.45, 2.75) is 36.6 Å². The first kappa shape index (κ1) is 35.3. The van der Waals surface area contributed by atoms with Gasteiger partial charge in [-0.3, -0.25) is 4.79 Å². The van der Waals surface area contributed by atoms with E-state index in [4.69, 9.17) is 0 Å². The van der Waals surface area contributed by atoms with E-state index in [1.807, 2.05) is 90.0 Å². The van der Waals surface area contributed by atoms with Crippen LogP contribution in [0.3, 0.4) is 0 Å². The Morgan fingerprint density at radius 3 is 1.64 bits per heavy atom. The van der Waals surface area contributed by atoms with Crippen molar-refractivity contribution in [2.24, 2.45) is 0 Å². The van der Waals surface area contributed by atoms with Crippen molar-refractivity contribution in [3.63, 3.8) is 0 Å². The number of rotatable bonds is 10. The quantitative estimate of drug-likeness (QED) is 0.188. The van der Waals surface area contributed by atoms with E-state index in [0.717, 1.165) is 21.8 Å². The third-order valence-corrected chi connectivity index (χ3v) is 8.69. The van der Waals surface area contributed by atoms with Gasteiger partial charge in [0.1, 0.15) is 18.9 Å². The predicted molar refractivity (Wildman–Crippen MR) is 151 cm³/mol. The van der Waals surface area contributed by atoms with Crippen LogP contribution in [-0.2, 0) is 44.4 Å². The molecule has 3 aromatic carbocycles. The number of alkyl halides is 6. The Balaban J connectivity index is 0.000000313. The Kier molecular flexibility index (Phi) is 11.5. The molecule has 0 unspecified atom stereocenters. The molecule has 0 bridgehead atoms. The minimum absolute atomic E-state index is 0.0187. The summed E-state index contributed by atoms with van der Waals surface area (Å²) in [6, 6.07) is 30.2. The SMILES string of the molecule is O=C(NCc1ccccc1)[C@H](Cc1ccccc1)n1cc[n+](Cc2ccccc2)c1.O=S(=O)([N-]S(=O)(=O)C(F)(F)F)C(F)(F)F. The molecule has 0 fully saturated rings. The van der Waals surface area contributed by atoms with Crippen LogP contribution in [0.15, 0.2) is 110 Å². The lowest BCUT2D eigenvalue weighted by molar-refractivity contribution is -0.687. The second-order valence-corrected chi connectivity index (χ2v) is 12.8. The van der Waals surface area contributed by atoms with E-state index < -0.39 is 31.1 Å². The molecule has 4 rings (SSSR count). The molecule has 242 valence electrons. The Labute approximate surface area is 255 Å². The Morgan fingerprint density at radius 1 is 0.733 bits per heavy atom. The number of aromatic nitrogens is 2. The van der Waals surface area contributed by atoms with Crippen molar-refractivity contribution in [3.05, 3.63) is 131 Å².